The minimum atomic E-state index is -0.0343. The zero-order valence-electron chi connectivity index (χ0n) is 14.5. The Morgan fingerprint density at radius 1 is 1.33 bits per heavy atom. The molecule has 0 spiro atoms. The smallest absolute Gasteiger partial charge is 0.223 e. The molecule has 3 heterocycles. The molecule has 0 radical (unpaired) electrons. The summed E-state index contributed by atoms with van der Waals surface area (Å²) in [6, 6.07) is 1.96. The third kappa shape index (κ3) is 3.58. The second-order valence-corrected chi connectivity index (χ2v) is 6.42. The van der Waals surface area contributed by atoms with Crippen LogP contribution in [-0.2, 0) is 4.79 Å². The summed E-state index contributed by atoms with van der Waals surface area (Å²) in [5.41, 5.74) is 1.05. The monoisotopic (exact) mass is 328 g/mol. The molecule has 2 aromatic heterocycles. The Morgan fingerprint density at radius 3 is 2.67 bits per heavy atom. The van der Waals surface area contributed by atoms with Crippen molar-refractivity contribution >= 4 is 11.7 Å². The number of anilines is 1. The van der Waals surface area contributed by atoms with Crippen LogP contribution in [0.3, 0.4) is 0 Å². The molecule has 1 aliphatic heterocycles. The van der Waals surface area contributed by atoms with Crippen molar-refractivity contribution in [3.8, 4) is 0 Å². The molecule has 1 aliphatic rings. The van der Waals surface area contributed by atoms with Gasteiger partial charge in [0.25, 0.3) is 0 Å². The van der Waals surface area contributed by atoms with Gasteiger partial charge in [-0.05, 0) is 39.7 Å². The number of nitrogens with zero attached hydrogens (tertiary/aromatic N) is 3. The van der Waals surface area contributed by atoms with Gasteiger partial charge in [-0.1, -0.05) is 0 Å². The Bertz CT molecular complexity index is 690. The van der Waals surface area contributed by atoms with E-state index >= 15 is 0 Å². The quantitative estimate of drug-likeness (QED) is 0.934. The molecular weight excluding hydrogens is 304 g/mol. The van der Waals surface area contributed by atoms with Crippen LogP contribution in [0.2, 0.25) is 0 Å². The fourth-order valence-electron chi connectivity index (χ4n) is 3.31. The molecule has 6 heteroatoms. The topological polar surface area (TPSA) is 71.3 Å². The van der Waals surface area contributed by atoms with E-state index < -0.39 is 0 Å². The van der Waals surface area contributed by atoms with Crippen molar-refractivity contribution in [2.75, 3.05) is 18.0 Å². The minimum Gasteiger partial charge on any atom is -0.466 e. The maximum atomic E-state index is 12.6. The number of carbonyl (C=O) groups excluding carboxylic acids is 1. The molecule has 1 N–H and O–H groups in total. The number of amides is 1. The molecule has 0 aliphatic carbocycles. The highest BCUT2D eigenvalue weighted by Gasteiger charge is 2.27. The molecule has 0 unspecified atom stereocenters. The molecule has 0 saturated carbocycles. The lowest BCUT2D eigenvalue weighted by Crippen LogP contribution is -2.41. The Balaban J connectivity index is 1.54. The van der Waals surface area contributed by atoms with E-state index in [0.717, 1.165) is 48.8 Å². The molecule has 2 aromatic rings. The Kier molecular flexibility index (Phi) is 4.83. The van der Waals surface area contributed by atoms with E-state index in [4.69, 9.17) is 4.42 Å². The number of aryl methyl sites for hydroxylation is 2. The van der Waals surface area contributed by atoms with E-state index in [1.807, 2.05) is 26.8 Å². The molecular formula is C18H24N4O2. The molecule has 128 valence electrons. The highest BCUT2D eigenvalue weighted by atomic mass is 16.3. The Hall–Kier alpha value is -2.37. The van der Waals surface area contributed by atoms with Crippen molar-refractivity contribution in [3.05, 3.63) is 41.7 Å². The Morgan fingerprint density at radius 2 is 2.08 bits per heavy atom. The van der Waals surface area contributed by atoms with Crippen molar-refractivity contribution in [2.45, 2.75) is 39.7 Å². The number of rotatable bonds is 4. The second-order valence-electron chi connectivity index (χ2n) is 6.42. The van der Waals surface area contributed by atoms with Gasteiger partial charge in [0.1, 0.15) is 17.3 Å². The first kappa shape index (κ1) is 16.5. The maximum absolute atomic E-state index is 12.6. The average molecular weight is 328 g/mol. The first-order valence-electron chi connectivity index (χ1n) is 8.43. The number of piperidine rings is 1. The fourth-order valence-corrected chi connectivity index (χ4v) is 3.31. The van der Waals surface area contributed by atoms with Gasteiger partial charge in [0.05, 0.1) is 12.2 Å². The van der Waals surface area contributed by atoms with E-state index in [1.165, 1.54) is 0 Å². The zero-order chi connectivity index (χ0) is 17.1. The fraction of sp³-hybridized carbons (Fsp3) is 0.500. The lowest BCUT2D eigenvalue weighted by Gasteiger charge is -2.32. The van der Waals surface area contributed by atoms with Crippen LogP contribution in [0.25, 0.3) is 0 Å². The van der Waals surface area contributed by atoms with E-state index in [0.29, 0.717) is 0 Å². The number of hydrogen-bond acceptors (Lipinski definition) is 5. The van der Waals surface area contributed by atoms with Crippen molar-refractivity contribution in [1.29, 1.82) is 0 Å². The molecule has 1 amide bonds. The van der Waals surface area contributed by atoms with E-state index in [2.05, 4.69) is 20.2 Å². The van der Waals surface area contributed by atoms with Crippen molar-refractivity contribution in [2.24, 2.45) is 5.92 Å². The number of nitrogens with one attached hydrogen (secondary N) is 1. The van der Waals surface area contributed by atoms with Crippen LogP contribution in [0, 0.1) is 19.8 Å². The number of furan rings is 1. The number of hydrogen-bond donors (Lipinski definition) is 1. The molecule has 0 bridgehead atoms. The van der Waals surface area contributed by atoms with Crippen LogP contribution in [0.1, 0.15) is 42.9 Å². The first-order valence-corrected chi connectivity index (χ1v) is 8.43. The van der Waals surface area contributed by atoms with Gasteiger partial charge in [0, 0.05) is 37.0 Å². The summed E-state index contributed by atoms with van der Waals surface area (Å²) in [6.45, 7) is 7.52. The van der Waals surface area contributed by atoms with Gasteiger partial charge in [0.15, 0.2) is 0 Å². The van der Waals surface area contributed by atoms with E-state index in [-0.39, 0.29) is 17.9 Å². The first-order chi connectivity index (χ1) is 11.5. The van der Waals surface area contributed by atoms with Gasteiger partial charge >= 0.3 is 0 Å². The zero-order valence-corrected chi connectivity index (χ0v) is 14.5. The predicted octanol–water partition coefficient (Wildman–Crippen LogP) is 2.78. The highest BCUT2D eigenvalue weighted by Crippen LogP contribution is 2.24. The molecule has 1 fully saturated rings. The summed E-state index contributed by atoms with van der Waals surface area (Å²) in [5, 5.41) is 3.13. The lowest BCUT2D eigenvalue weighted by molar-refractivity contribution is -0.126. The predicted molar refractivity (Wildman–Crippen MR) is 91.7 cm³/mol. The molecule has 0 aromatic carbocycles. The molecule has 1 atom stereocenters. The van der Waals surface area contributed by atoms with Crippen LogP contribution in [0.4, 0.5) is 5.82 Å². The largest absolute Gasteiger partial charge is 0.466 e. The molecule has 6 nitrogen and oxygen atoms in total. The number of aromatic nitrogens is 2. The van der Waals surface area contributed by atoms with Crippen molar-refractivity contribution < 1.29 is 9.21 Å². The van der Waals surface area contributed by atoms with Crippen molar-refractivity contribution in [1.82, 2.24) is 15.3 Å². The third-order valence-electron chi connectivity index (χ3n) is 4.64. The third-order valence-corrected chi connectivity index (χ3v) is 4.64. The summed E-state index contributed by atoms with van der Waals surface area (Å²) in [4.78, 5) is 23.2. The molecule has 24 heavy (non-hydrogen) atoms. The SMILES string of the molecule is Cc1cc([C@H](C)NC(=O)C2CCN(c3cnccn3)CC2)c(C)o1. The average Bonchev–Trinajstić information content (AvgIpc) is 2.94. The summed E-state index contributed by atoms with van der Waals surface area (Å²) < 4.78 is 5.55. The van der Waals surface area contributed by atoms with Gasteiger partial charge in [-0.2, -0.15) is 0 Å². The second kappa shape index (κ2) is 7.03. The summed E-state index contributed by atoms with van der Waals surface area (Å²) in [6.07, 6.45) is 6.80. The van der Waals surface area contributed by atoms with Crippen LogP contribution in [-0.4, -0.2) is 29.0 Å². The summed E-state index contributed by atoms with van der Waals surface area (Å²) >= 11 is 0. The van der Waals surface area contributed by atoms with Crippen LogP contribution >= 0.6 is 0 Å². The highest BCUT2D eigenvalue weighted by molar-refractivity contribution is 5.79. The number of carbonyl (C=O) groups is 1. The van der Waals surface area contributed by atoms with Crippen LogP contribution in [0.15, 0.2) is 29.1 Å². The van der Waals surface area contributed by atoms with Gasteiger partial charge in [-0.25, -0.2) is 4.98 Å². The van der Waals surface area contributed by atoms with Crippen LogP contribution < -0.4 is 10.2 Å². The van der Waals surface area contributed by atoms with E-state index in [1.54, 1.807) is 18.6 Å². The summed E-state index contributed by atoms with van der Waals surface area (Å²) in [5.74, 6) is 2.81. The van der Waals surface area contributed by atoms with Gasteiger partial charge in [0.2, 0.25) is 5.91 Å². The summed E-state index contributed by atoms with van der Waals surface area (Å²) in [7, 11) is 0. The Labute approximate surface area is 142 Å². The van der Waals surface area contributed by atoms with Crippen LogP contribution in [0.5, 0.6) is 0 Å². The van der Waals surface area contributed by atoms with E-state index in [9.17, 15) is 4.79 Å². The lowest BCUT2D eigenvalue weighted by atomic mass is 9.95. The molecule has 3 rings (SSSR count). The maximum Gasteiger partial charge on any atom is 0.223 e. The van der Waals surface area contributed by atoms with Gasteiger partial charge in [-0.15, -0.1) is 0 Å². The molecule has 1 saturated heterocycles. The van der Waals surface area contributed by atoms with Crippen molar-refractivity contribution in [3.63, 3.8) is 0 Å². The minimum absolute atomic E-state index is 0.0343. The van der Waals surface area contributed by atoms with Gasteiger partial charge < -0.3 is 14.6 Å². The standard InChI is InChI=1S/C18H24N4O2/c1-12-10-16(14(3)24-12)13(2)21-18(23)15-4-8-22(9-5-15)17-11-19-6-7-20-17/h6-7,10-11,13,15H,4-5,8-9H2,1-3H3,(H,21,23)/t13-/m0/s1. The van der Waals surface area contributed by atoms with Gasteiger partial charge in [-0.3, -0.25) is 9.78 Å². The normalized spacial score (nSPS) is 16.9.